The van der Waals surface area contributed by atoms with Crippen molar-refractivity contribution >= 4 is 46.1 Å². The number of hydrogen-bond donors (Lipinski definition) is 4. The number of anilines is 2. The van der Waals surface area contributed by atoms with Gasteiger partial charge in [0.25, 0.3) is 0 Å². The lowest BCUT2D eigenvalue weighted by molar-refractivity contribution is 0.225. The average molecular weight is 502 g/mol. The van der Waals surface area contributed by atoms with Crippen molar-refractivity contribution in [1.82, 2.24) is 25.1 Å². The van der Waals surface area contributed by atoms with Crippen LogP contribution in [0, 0.1) is 12.7 Å². The number of H-pyrrole nitrogens is 1. The Kier molecular flexibility index (Phi) is 7.84. The first-order valence-corrected chi connectivity index (χ1v) is 11.9. The van der Waals surface area contributed by atoms with Gasteiger partial charge >= 0.3 is 0 Å². The zero-order chi connectivity index (χ0) is 24.1. The van der Waals surface area contributed by atoms with Crippen molar-refractivity contribution < 1.29 is 9.50 Å². The van der Waals surface area contributed by atoms with Gasteiger partial charge in [-0.15, -0.1) is 0 Å². The van der Waals surface area contributed by atoms with E-state index in [0.717, 1.165) is 40.8 Å². The Bertz CT molecular complexity index is 1270. The van der Waals surface area contributed by atoms with Gasteiger partial charge in [0.05, 0.1) is 16.9 Å². The zero-order valence-electron chi connectivity index (χ0n) is 18.8. The highest BCUT2D eigenvalue weighted by atomic mass is 35.5. The molecular weight excluding hydrogens is 477 g/mol. The summed E-state index contributed by atoms with van der Waals surface area (Å²) in [6, 6.07) is 12.0. The standard InChI is InChI=1S/C23H25ClFN7OS/c1-14-20-22(26-9-10-32(2)11-12-33)27-21(28-23(20)30-29-14)15-3-6-17(7-4-15)31-34-19-13-16(24)5-8-18(19)25/h3-8,13,31,33H,9-12H2,1-2H3,(H2,26,27,28,29,30). The lowest BCUT2D eigenvalue weighted by Gasteiger charge is -2.16. The van der Waals surface area contributed by atoms with Gasteiger partial charge in [0.1, 0.15) is 11.6 Å². The van der Waals surface area contributed by atoms with E-state index in [1.165, 1.54) is 12.1 Å². The third-order valence-electron chi connectivity index (χ3n) is 5.18. The summed E-state index contributed by atoms with van der Waals surface area (Å²) in [6.45, 7) is 4.08. The van der Waals surface area contributed by atoms with Crippen LogP contribution in [0.2, 0.25) is 5.02 Å². The maximum Gasteiger partial charge on any atom is 0.186 e. The number of rotatable bonds is 10. The number of nitrogens with one attached hydrogen (secondary N) is 3. The highest BCUT2D eigenvalue weighted by Crippen LogP contribution is 2.29. The van der Waals surface area contributed by atoms with Crippen LogP contribution in [0.25, 0.3) is 22.4 Å². The molecule has 2 aromatic heterocycles. The quantitative estimate of drug-likeness (QED) is 0.234. The summed E-state index contributed by atoms with van der Waals surface area (Å²) in [6.07, 6.45) is 0. The molecule has 0 fully saturated rings. The summed E-state index contributed by atoms with van der Waals surface area (Å²) in [4.78, 5) is 11.8. The molecular formula is C23H25ClFN7OS. The number of aromatic nitrogens is 4. The van der Waals surface area contributed by atoms with E-state index in [0.29, 0.717) is 40.3 Å². The highest BCUT2D eigenvalue weighted by molar-refractivity contribution is 8.00. The maximum absolute atomic E-state index is 13.9. The van der Waals surface area contributed by atoms with Crippen LogP contribution in [-0.4, -0.2) is 63.5 Å². The van der Waals surface area contributed by atoms with Crippen molar-refractivity contribution in [2.75, 3.05) is 43.3 Å². The molecule has 0 aliphatic rings. The van der Waals surface area contributed by atoms with Gasteiger partial charge in [0.15, 0.2) is 11.5 Å². The number of aliphatic hydroxyl groups excluding tert-OH is 1. The van der Waals surface area contributed by atoms with Crippen molar-refractivity contribution in [3.63, 3.8) is 0 Å². The van der Waals surface area contributed by atoms with E-state index in [-0.39, 0.29) is 12.4 Å². The number of hydrogen-bond acceptors (Lipinski definition) is 8. The van der Waals surface area contributed by atoms with Crippen molar-refractivity contribution in [2.24, 2.45) is 0 Å². The number of aryl methyl sites for hydroxylation is 1. The van der Waals surface area contributed by atoms with Crippen LogP contribution in [-0.2, 0) is 0 Å². The molecule has 0 aliphatic heterocycles. The first-order valence-electron chi connectivity index (χ1n) is 10.7. The molecule has 0 spiro atoms. The van der Waals surface area contributed by atoms with Gasteiger partial charge in [0, 0.05) is 41.6 Å². The number of benzene rings is 2. The fourth-order valence-electron chi connectivity index (χ4n) is 3.33. The van der Waals surface area contributed by atoms with E-state index < -0.39 is 0 Å². The van der Waals surface area contributed by atoms with Gasteiger partial charge < -0.3 is 20.0 Å². The molecule has 0 unspecified atom stereocenters. The molecule has 11 heteroatoms. The van der Waals surface area contributed by atoms with E-state index in [9.17, 15) is 4.39 Å². The third kappa shape index (κ3) is 5.76. The van der Waals surface area contributed by atoms with Gasteiger partial charge in [-0.25, -0.2) is 14.4 Å². The van der Waals surface area contributed by atoms with Gasteiger partial charge in [-0.1, -0.05) is 11.6 Å². The summed E-state index contributed by atoms with van der Waals surface area (Å²) in [5.41, 5.74) is 3.10. The molecule has 2 aromatic carbocycles. The van der Waals surface area contributed by atoms with E-state index in [4.69, 9.17) is 21.7 Å². The van der Waals surface area contributed by atoms with E-state index in [1.807, 2.05) is 43.1 Å². The first kappa shape index (κ1) is 24.2. The molecule has 0 atom stereocenters. The van der Waals surface area contributed by atoms with Crippen LogP contribution in [0.3, 0.4) is 0 Å². The fraction of sp³-hybridized carbons (Fsp3) is 0.261. The molecule has 0 bridgehead atoms. The second-order valence-electron chi connectivity index (χ2n) is 7.75. The van der Waals surface area contributed by atoms with E-state index >= 15 is 0 Å². The molecule has 0 amide bonds. The van der Waals surface area contributed by atoms with Crippen LogP contribution in [0.4, 0.5) is 15.9 Å². The van der Waals surface area contributed by atoms with Crippen LogP contribution in [0.15, 0.2) is 47.4 Å². The van der Waals surface area contributed by atoms with E-state index in [2.05, 4.69) is 25.2 Å². The van der Waals surface area contributed by atoms with Crippen molar-refractivity contribution in [3.05, 3.63) is 59.0 Å². The number of aliphatic hydroxyl groups is 1. The van der Waals surface area contributed by atoms with Crippen LogP contribution >= 0.6 is 23.5 Å². The second kappa shape index (κ2) is 11.0. The highest BCUT2D eigenvalue weighted by Gasteiger charge is 2.14. The molecule has 0 aliphatic carbocycles. The minimum atomic E-state index is -0.336. The summed E-state index contributed by atoms with van der Waals surface area (Å²) in [7, 11) is 1.96. The molecule has 34 heavy (non-hydrogen) atoms. The summed E-state index contributed by atoms with van der Waals surface area (Å²) >= 11 is 7.11. The monoisotopic (exact) mass is 501 g/mol. The van der Waals surface area contributed by atoms with Gasteiger partial charge in [-0.2, -0.15) is 5.10 Å². The summed E-state index contributed by atoms with van der Waals surface area (Å²) in [5, 5.41) is 21.1. The number of halogens is 2. The molecule has 0 saturated heterocycles. The smallest absolute Gasteiger partial charge is 0.186 e. The molecule has 0 radical (unpaired) electrons. The Labute approximate surface area is 206 Å². The lowest BCUT2D eigenvalue weighted by Crippen LogP contribution is -2.28. The van der Waals surface area contributed by atoms with Crippen molar-refractivity contribution in [2.45, 2.75) is 11.8 Å². The van der Waals surface area contributed by atoms with Gasteiger partial charge in [-0.05, 0) is 68.4 Å². The molecule has 8 nitrogen and oxygen atoms in total. The first-order chi connectivity index (χ1) is 16.4. The molecule has 0 saturated carbocycles. The Morgan fingerprint density at radius 2 is 1.94 bits per heavy atom. The molecule has 4 rings (SSSR count). The molecule has 2 heterocycles. The Balaban J connectivity index is 1.50. The summed E-state index contributed by atoms with van der Waals surface area (Å²) in [5.74, 6) is 0.917. The minimum Gasteiger partial charge on any atom is -0.395 e. The predicted octanol–water partition coefficient (Wildman–Crippen LogP) is 4.58. The molecule has 4 N–H and O–H groups in total. The summed E-state index contributed by atoms with van der Waals surface area (Å²) < 4.78 is 17.1. The number of likely N-dealkylation sites (N-methyl/N-ethyl adjacent to an activating group) is 1. The van der Waals surface area contributed by atoms with Gasteiger partial charge in [-0.3, -0.25) is 5.10 Å². The van der Waals surface area contributed by atoms with Crippen LogP contribution < -0.4 is 10.0 Å². The predicted molar refractivity (Wildman–Crippen MR) is 136 cm³/mol. The largest absolute Gasteiger partial charge is 0.395 e. The van der Waals surface area contributed by atoms with Crippen LogP contribution in [0.1, 0.15) is 5.69 Å². The zero-order valence-corrected chi connectivity index (χ0v) is 20.3. The maximum atomic E-state index is 13.9. The fourth-order valence-corrected chi connectivity index (χ4v) is 4.28. The van der Waals surface area contributed by atoms with Gasteiger partial charge in [0.2, 0.25) is 0 Å². The number of fused-ring (bicyclic) bond motifs is 1. The minimum absolute atomic E-state index is 0.122. The molecule has 178 valence electrons. The van der Waals surface area contributed by atoms with E-state index in [1.54, 1.807) is 6.07 Å². The number of nitrogens with zero attached hydrogens (tertiary/aromatic N) is 4. The topological polar surface area (TPSA) is 102 Å². The average Bonchev–Trinajstić information content (AvgIpc) is 3.21. The van der Waals surface area contributed by atoms with Crippen LogP contribution in [0.5, 0.6) is 0 Å². The SMILES string of the molecule is Cc1[nH]nc2nc(-c3ccc(NSc4cc(Cl)ccc4F)cc3)nc(NCCN(C)CCO)c12. The Morgan fingerprint density at radius 1 is 1.15 bits per heavy atom. The van der Waals surface area contributed by atoms with Crippen molar-refractivity contribution in [3.8, 4) is 11.4 Å². The third-order valence-corrected chi connectivity index (χ3v) is 6.28. The van der Waals surface area contributed by atoms with Crippen molar-refractivity contribution in [1.29, 1.82) is 0 Å². The number of aromatic amines is 1. The Hall–Kier alpha value is -2.92. The Morgan fingerprint density at radius 3 is 2.71 bits per heavy atom. The second-order valence-corrected chi connectivity index (χ2v) is 9.04. The molecule has 4 aromatic rings. The lowest BCUT2D eigenvalue weighted by atomic mass is 10.2. The normalized spacial score (nSPS) is 11.4.